The summed E-state index contributed by atoms with van der Waals surface area (Å²) >= 11 is 1.50. The van der Waals surface area contributed by atoms with Crippen LogP contribution in [0.4, 0.5) is 0 Å². The Morgan fingerprint density at radius 1 is 1.22 bits per heavy atom. The number of hydrogen-bond acceptors (Lipinski definition) is 6. The molecule has 2 heterocycles. The average Bonchev–Trinajstić information content (AvgIpc) is 3.10. The van der Waals surface area contributed by atoms with Crippen molar-refractivity contribution in [3.8, 4) is 22.9 Å². The van der Waals surface area contributed by atoms with E-state index >= 15 is 0 Å². The van der Waals surface area contributed by atoms with Crippen LogP contribution >= 0.6 is 11.3 Å². The molecule has 2 N–H and O–H groups in total. The molecule has 142 valence electrons. The minimum absolute atomic E-state index is 0.0537. The van der Waals surface area contributed by atoms with E-state index in [1.54, 1.807) is 26.4 Å². The monoisotopic (exact) mass is 387 g/mol. The van der Waals surface area contributed by atoms with Crippen LogP contribution in [0.1, 0.15) is 18.2 Å². The maximum atomic E-state index is 13.1. The Morgan fingerprint density at radius 2 is 1.96 bits per heavy atom. The zero-order valence-corrected chi connectivity index (χ0v) is 16.3. The lowest BCUT2D eigenvalue weighted by Gasteiger charge is -2.14. The molecular weight excluding hydrogens is 366 g/mol. The van der Waals surface area contributed by atoms with Crippen LogP contribution in [0.5, 0.6) is 11.5 Å². The van der Waals surface area contributed by atoms with Gasteiger partial charge in [0.2, 0.25) is 5.91 Å². The minimum Gasteiger partial charge on any atom is -0.493 e. The molecule has 27 heavy (non-hydrogen) atoms. The standard InChI is InChI=1S/C19H21N3O4S/c1-4-12-10-13-18(27-12)21-17(22(19(13)24)8-7-16(20)23)11-5-6-14(25-2)15(9-11)26-3/h5-6,9-10H,4,7-8H2,1-3H3,(H2,20,23). The molecule has 0 atom stereocenters. The Kier molecular flexibility index (Phi) is 5.46. The first-order valence-corrected chi connectivity index (χ1v) is 9.34. The number of ether oxygens (including phenoxy) is 2. The van der Waals surface area contributed by atoms with Crippen molar-refractivity contribution in [2.24, 2.45) is 5.73 Å². The maximum Gasteiger partial charge on any atom is 0.262 e. The number of methoxy groups -OCH3 is 2. The molecule has 2 aromatic heterocycles. The predicted octanol–water partition coefficient (Wildman–Crippen LogP) is 2.58. The van der Waals surface area contributed by atoms with E-state index < -0.39 is 5.91 Å². The lowest BCUT2D eigenvalue weighted by atomic mass is 10.1. The van der Waals surface area contributed by atoms with Gasteiger partial charge in [0.05, 0.1) is 19.6 Å². The number of carbonyl (C=O) groups excluding carboxylic acids is 1. The second kappa shape index (κ2) is 7.79. The number of primary amides is 1. The van der Waals surface area contributed by atoms with Crippen LogP contribution in [-0.2, 0) is 17.8 Å². The summed E-state index contributed by atoms with van der Waals surface area (Å²) in [5.41, 5.74) is 5.81. The van der Waals surface area contributed by atoms with E-state index in [1.165, 1.54) is 15.9 Å². The van der Waals surface area contributed by atoms with Crippen LogP contribution < -0.4 is 20.8 Å². The number of fused-ring (bicyclic) bond motifs is 1. The summed E-state index contributed by atoms with van der Waals surface area (Å²) in [6, 6.07) is 7.20. The zero-order chi connectivity index (χ0) is 19.6. The number of rotatable bonds is 7. The third-order valence-corrected chi connectivity index (χ3v) is 5.45. The molecule has 0 saturated heterocycles. The van der Waals surface area contributed by atoms with Gasteiger partial charge < -0.3 is 15.2 Å². The highest BCUT2D eigenvalue weighted by atomic mass is 32.1. The highest BCUT2D eigenvalue weighted by Gasteiger charge is 2.17. The Labute approximate surface area is 160 Å². The fraction of sp³-hybridized carbons (Fsp3) is 0.316. The molecule has 0 bridgehead atoms. The largest absolute Gasteiger partial charge is 0.493 e. The molecule has 0 fully saturated rings. The smallest absolute Gasteiger partial charge is 0.262 e. The molecule has 0 aliphatic heterocycles. The first-order valence-electron chi connectivity index (χ1n) is 8.52. The molecule has 1 amide bonds. The van der Waals surface area contributed by atoms with Crippen molar-refractivity contribution >= 4 is 27.5 Å². The van der Waals surface area contributed by atoms with Gasteiger partial charge in [-0.15, -0.1) is 11.3 Å². The van der Waals surface area contributed by atoms with Gasteiger partial charge in [-0.2, -0.15) is 0 Å². The Bertz CT molecular complexity index is 1060. The van der Waals surface area contributed by atoms with Crippen molar-refractivity contribution in [2.75, 3.05) is 14.2 Å². The van der Waals surface area contributed by atoms with E-state index in [-0.39, 0.29) is 18.5 Å². The number of aryl methyl sites for hydroxylation is 1. The number of nitrogens with two attached hydrogens (primary N) is 1. The van der Waals surface area contributed by atoms with Crippen LogP contribution in [0, 0.1) is 0 Å². The molecule has 8 heteroatoms. The molecule has 3 aromatic rings. The second-order valence-corrected chi connectivity index (χ2v) is 7.08. The maximum absolute atomic E-state index is 13.1. The Morgan fingerprint density at radius 3 is 2.59 bits per heavy atom. The van der Waals surface area contributed by atoms with Crippen molar-refractivity contribution in [3.63, 3.8) is 0 Å². The van der Waals surface area contributed by atoms with Gasteiger partial charge in [-0.25, -0.2) is 4.98 Å². The number of hydrogen-bond donors (Lipinski definition) is 1. The van der Waals surface area contributed by atoms with Gasteiger partial charge in [-0.05, 0) is 30.7 Å². The summed E-state index contributed by atoms with van der Waals surface area (Å²) in [6.07, 6.45) is 0.881. The normalized spacial score (nSPS) is 10.9. The van der Waals surface area contributed by atoms with Crippen LogP contribution in [0.25, 0.3) is 21.6 Å². The molecule has 1 aromatic carbocycles. The van der Waals surface area contributed by atoms with Crippen molar-refractivity contribution < 1.29 is 14.3 Å². The van der Waals surface area contributed by atoms with Gasteiger partial charge in [0.1, 0.15) is 10.7 Å². The Balaban J connectivity index is 2.24. The highest BCUT2D eigenvalue weighted by Crippen LogP contribution is 2.32. The van der Waals surface area contributed by atoms with Crippen LogP contribution in [0.15, 0.2) is 29.1 Å². The topological polar surface area (TPSA) is 96.4 Å². The van der Waals surface area contributed by atoms with Gasteiger partial charge >= 0.3 is 0 Å². The minimum atomic E-state index is -0.472. The lowest BCUT2D eigenvalue weighted by Crippen LogP contribution is -2.25. The first kappa shape index (κ1) is 18.9. The summed E-state index contributed by atoms with van der Waals surface area (Å²) in [6.45, 7) is 2.20. The molecule has 0 spiro atoms. The highest BCUT2D eigenvalue weighted by molar-refractivity contribution is 7.18. The molecule has 3 rings (SSSR count). The molecule has 0 unspecified atom stereocenters. The van der Waals surface area contributed by atoms with E-state index in [0.717, 1.165) is 11.3 Å². The number of carbonyl (C=O) groups is 1. The number of amides is 1. The number of aromatic nitrogens is 2. The summed E-state index contributed by atoms with van der Waals surface area (Å²) in [5.74, 6) is 1.11. The molecule has 0 aliphatic rings. The third-order valence-electron chi connectivity index (χ3n) is 4.27. The van der Waals surface area contributed by atoms with Crippen molar-refractivity contribution in [2.45, 2.75) is 26.3 Å². The number of nitrogens with zero attached hydrogens (tertiary/aromatic N) is 2. The van der Waals surface area contributed by atoms with E-state index in [2.05, 4.69) is 0 Å². The van der Waals surface area contributed by atoms with Gasteiger partial charge in [0.25, 0.3) is 5.56 Å². The number of thiophene rings is 1. The predicted molar refractivity (Wildman–Crippen MR) is 106 cm³/mol. The van der Waals surface area contributed by atoms with Gasteiger partial charge in [0, 0.05) is 23.4 Å². The molecule has 0 aliphatic carbocycles. The van der Waals surface area contributed by atoms with E-state index in [9.17, 15) is 9.59 Å². The van der Waals surface area contributed by atoms with Gasteiger partial charge in [-0.1, -0.05) is 6.92 Å². The fourth-order valence-corrected chi connectivity index (χ4v) is 3.82. The van der Waals surface area contributed by atoms with E-state index in [0.29, 0.717) is 33.1 Å². The van der Waals surface area contributed by atoms with Crippen molar-refractivity contribution in [3.05, 3.63) is 39.5 Å². The van der Waals surface area contributed by atoms with Crippen molar-refractivity contribution in [1.82, 2.24) is 9.55 Å². The summed E-state index contributed by atoms with van der Waals surface area (Å²) in [5, 5.41) is 0.561. The second-order valence-electron chi connectivity index (χ2n) is 5.96. The lowest BCUT2D eigenvalue weighted by molar-refractivity contribution is -0.118. The summed E-state index contributed by atoms with van der Waals surface area (Å²) in [4.78, 5) is 30.8. The van der Waals surface area contributed by atoms with Gasteiger partial charge in [0.15, 0.2) is 11.5 Å². The summed E-state index contributed by atoms with van der Waals surface area (Å²) in [7, 11) is 3.10. The van der Waals surface area contributed by atoms with E-state index in [4.69, 9.17) is 20.2 Å². The van der Waals surface area contributed by atoms with Crippen LogP contribution in [0.2, 0.25) is 0 Å². The molecule has 0 radical (unpaired) electrons. The number of benzene rings is 1. The van der Waals surface area contributed by atoms with E-state index in [1.807, 2.05) is 19.1 Å². The molecular formula is C19H21N3O4S. The molecule has 0 saturated carbocycles. The SMILES string of the molecule is CCc1cc2c(=O)n(CCC(N)=O)c(-c3ccc(OC)c(OC)c3)nc2s1. The third kappa shape index (κ3) is 3.66. The summed E-state index contributed by atoms with van der Waals surface area (Å²) < 4.78 is 12.1. The van der Waals surface area contributed by atoms with Gasteiger partial charge in [-0.3, -0.25) is 14.2 Å². The van der Waals surface area contributed by atoms with Crippen LogP contribution in [0.3, 0.4) is 0 Å². The average molecular weight is 387 g/mol. The zero-order valence-electron chi connectivity index (χ0n) is 15.4. The van der Waals surface area contributed by atoms with Crippen LogP contribution in [-0.4, -0.2) is 29.7 Å². The first-order chi connectivity index (χ1) is 13.0. The Hall–Kier alpha value is -2.87. The fourth-order valence-electron chi connectivity index (χ4n) is 2.87. The van der Waals surface area contributed by atoms with Crippen molar-refractivity contribution in [1.29, 1.82) is 0 Å². The molecule has 7 nitrogen and oxygen atoms in total. The quantitative estimate of drug-likeness (QED) is 0.672.